The molecule has 20 heavy (non-hydrogen) atoms. The molecule has 2 aromatic rings. The van der Waals surface area contributed by atoms with Gasteiger partial charge in [0.15, 0.2) is 5.78 Å². The Labute approximate surface area is 118 Å². The van der Waals surface area contributed by atoms with Gasteiger partial charge in [0.25, 0.3) is 0 Å². The quantitative estimate of drug-likeness (QED) is 0.792. The van der Waals surface area contributed by atoms with Crippen LogP contribution in [0.15, 0.2) is 24.3 Å². The lowest BCUT2D eigenvalue weighted by Crippen LogP contribution is -2.05. The van der Waals surface area contributed by atoms with Crippen molar-refractivity contribution in [2.24, 2.45) is 0 Å². The van der Waals surface area contributed by atoms with Crippen molar-refractivity contribution in [3.8, 4) is 0 Å². The van der Waals surface area contributed by atoms with E-state index in [1.807, 2.05) is 0 Å². The molecule has 0 saturated carbocycles. The van der Waals surface area contributed by atoms with Gasteiger partial charge in [0.2, 0.25) is 0 Å². The Kier molecular flexibility index (Phi) is 3.94. The summed E-state index contributed by atoms with van der Waals surface area (Å²) in [5, 5.41) is 0.645. The summed E-state index contributed by atoms with van der Waals surface area (Å²) in [6.07, 6.45) is -4.05. The number of aromatic nitrogens is 1. The summed E-state index contributed by atoms with van der Waals surface area (Å²) >= 11 is 1.23. The molecular formula is C14H12F3NOS. The monoisotopic (exact) mass is 299 g/mol. The predicted octanol–water partition coefficient (Wildman–Crippen LogP) is 4.26. The number of hydrogen-bond donors (Lipinski definition) is 0. The second-order valence-electron chi connectivity index (χ2n) is 4.45. The van der Waals surface area contributed by atoms with Gasteiger partial charge in [0.1, 0.15) is 0 Å². The Morgan fingerprint density at radius 3 is 2.60 bits per heavy atom. The van der Waals surface area contributed by atoms with Gasteiger partial charge in [-0.2, -0.15) is 13.2 Å². The number of alkyl halides is 3. The van der Waals surface area contributed by atoms with Crippen LogP contribution in [0.1, 0.15) is 38.4 Å². The number of nitrogens with zero attached hydrogens (tertiary/aromatic N) is 1. The van der Waals surface area contributed by atoms with Crippen LogP contribution in [0, 0.1) is 6.92 Å². The topological polar surface area (TPSA) is 30.0 Å². The molecule has 1 aromatic carbocycles. The van der Waals surface area contributed by atoms with Gasteiger partial charge in [-0.05, 0) is 18.6 Å². The van der Waals surface area contributed by atoms with Crippen molar-refractivity contribution in [3.63, 3.8) is 0 Å². The molecule has 0 aliphatic rings. The first-order chi connectivity index (χ1) is 9.27. The number of carbonyl (C=O) groups excluding carboxylic acids is 1. The van der Waals surface area contributed by atoms with E-state index in [4.69, 9.17) is 0 Å². The van der Waals surface area contributed by atoms with Crippen LogP contribution in [0.4, 0.5) is 13.2 Å². The van der Waals surface area contributed by atoms with E-state index in [1.165, 1.54) is 24.3 Å². The van der Waals surface area contributed by atoms with Gasteiger partial charge in [-0.1, -0.05) is 18.2 Å². The number of rotatable bonds is 3. The van der Waals surface area contributed by atoms with E-state index >= 15 is 0 Å². The number of ketones is 1. The number of carbonyl (C=O) groups is 1. The molecule has 2 nitrogen and oxygen atoms in total. The highest BCUT2D eigenvalue weighted by Gasteiger charge is 2.30. The van der Waals surface area contributed by atoms with E-state index in [-0.39, 0.29) is 5.78 Å². The highest BCUT2D eigenvalue weighted by Crippen LogP contribution is 2.30. The zero-order chi connectivity index (χ0) is 14.9. The number of halogens is 3. The van der Waals surface area contributed by atoms with Crippen LogP contribution in [0.2, 0.25) is 0 Å². The zero-order valence-corrected chi connectivity index (χ0v) is 11.7. The summed E-state index contributed by atoms with van der Waals surface area (Å²) in [6.45, 7) is 3.18. The Balaban J connectivity index is 2.26. The molecule has 1 heterocycles. The summed E-state index contributed by atoms with van der Waals surface area (Å²) in [5.41, 5.74) is 0.489. The van der Waals surface area contributed by atoms with Gasteiger partial charge in [0, 0.05) is 13.3 Å². The summed E-state index contributed by atoms with van der Waals surface area (Å²) in [5.74, 6) is -0.0738. The maximum atomic E-state index is 12.6. The fourth-order valence-corrected chi connectivity index (χ4v) is 2.88. The number of Topliss-reactive ketones (excluding diaryl/α,β-unsaturated/α-hetero) is 1. The van der Waals surface area contributed by atoms with Gasteiger partial charge in [-0.25, -0.2) is 4.98 Å². The SMILES string of the molecule is CC(=O)c1sc(Cc2cccc(C(F)(F)F)c2)nc1C. The van der Waals surface area contributed by atoms with Gasteiger partial charge in [-0.15, -0.1) is 11.3 Å². The summed E-state index contributed by atoms with van der Waals surface area (Å²) in [7, 11) is 0. The van der Waals surface area contributed by atoms with E-state index in [0.29, 0.717) is 27.6 Å². The summed E-state index contributed by atoms with van der Waals surface area (Å²) < 4.78 is 37.9. The van der Waals surface area contributed by atoms with Crippen LogP contribution in [-0.2, 0) is 12.6 Å². The molecule has 0 aliphatic carbocycles. The summed E-state index contributed by atoms with van der Waals surface area (Å²) in [4.78, 5) is 16.1. The molecule has 0 N–H and O–H groups in total. The zero-order valence-electron chi connectivity index (χ0n) is 10.9. The second-order valence-corrected chi connectivity index (χ2v) is 5.54. The molecule has 0 unspecified atom stereocenters. The highest BCUT2D eigenvalue weighted by molar-refractivity contribution is 7.13. The number of aryl methyl sites for hydroxylation is 1. The van der Waals surface area contributed by atoms with Crippen molar-refractivity contribution < 1.29 is 18.0 Å². The molecule has 0 atom stereocenters. The fraction of sp³-hybridized carbons (Fsp3) is 0.286. The van der Waals surface area contributed by atoms with E-state index < -0.39 is 11.7 Å². The largest absolute Gasteiger partial charge is 0.416 e. The molecule has 0 radical (unpaired) electrons. The molecule has 1 aromatic heterocycles. The third-order valence-corrected chi connectivity index (χ3v) is 4.03. The van der Waals surface area contributed by atoms with Crippen LogP contribution in [-0.4, -0.2) is 10.8 Å². The maximum absolute atomic E-state index is 12.6. The Bertz CT molecular complexity index is 646. The number of hydrogen-bond acceptors (Lipinski definition) is 3. The van der Waals surface area contributed by atoms with Crippen molar-refractivity contribution in [1.29, 1.82) is 0 Å². The molecule has 0 saturated heterocycles. The first kappa shape index (κ1) is 14.7. The molecule has 0 amide bonds. The third kappa shape index (κ3) is 3.25. The lowest BCUT2D eigenvalue weighted by molar-refractivity contribution is -0.137. The standard InChI is InChI=1S/C14H12F3NOS/c1-8-13(9(2)19)20-12(18-8)7-10-4-3-5-11(6-10)14(15,16)17/h3-6H,7H2,1-2H3. The van der Waals surface area contributed by atoms with Crippen LogP contribution >= 0.6 is 11.3 Å². The van der Waals surface area contributed by atoms with E-state index in [0.717, 1.165) is 12.1 Å². The van der Waals surface area contributed by atoms with E-state index in [9.17, 15) is 18.0 Å². The minimum atomic E-state index is -4.35. The van der Waals surface area contributed by atoms with Crippen LogP contribution in [0.5, 0.6) is 0 Å². The molecule has 0 aliphatic heterocycles. The van der Waals surface area contributed by atoms with Gasteiger partial charge in [-0.3, -0.25) is 4.79 Å². The molecule has 0 spiro atoms. The average molecular weight is 299 g/mol. The lowest BCUT2D eigenvalue weighted by atomic mass is 10.1. The first-order valence-corrected chi connectivity index (χ1v) is 6.72. The minimum absolute atomic E-state index is 0.0738. The van der Waals surface area contributed by atoms with Gasteiger partial charge < -0.3 is 0 Å². The Morgan fingerprint density at radius 2 is 2.05 bits per heavy atom. The minimum Gasteiger partial charge on any atom is -0.294 e. The van der Waals surface area contributed by atoms with Crippen molar-refractivity contribution in [2.45, 2.75) is 26.4 Å². The van der Waals surface area contributed by atoms with E-state index in [2.05, 4.69) is 4.98 Å². The predicted molar refractivity (Wildman–Crippen MR) is 71.1 cm³/mol. The van der Waals surface area contributed by atoms with Crippen molar-refractivity contribution in [1.82, 2.24) is 4.98 Å². The van der Waals surface area contributed by atoms with Crippen molar-refractivity contribution in [2.75, 3.05) is 0 Å². The Morgan fingerprint density at radius 1 is 1.35 bits per heavy atom. The fourth-order valence-electron chi connectivity index (χ4n) is 1.89. The molecule has 0 fully saturated rings. The average Bonchev–Trinajstić information content (AvgIpc) is 2.69. The highest BCUT2D eigenvalue weighted by atomic mass is 32.1. The van der Waals surface area contributed by atoms with Gasteiger partial charge in [0.05, 0.1) is 21.1 Å². The van der Waals surface area contributed by atoms with Crippen LogP contribution in [0.25, 0.3) is 0 Å². The normalized spacial score (nSPS) is 11.7. The summed E-state index contributed by atoms with van der Waals surface area (Å²) in [6, 6.07) is 5.16. The van der Waals surface area contributed by atoms with E-state index in [1.54, 1.807) is 13.0 Å². The molecule has 2 rings (SSSR count). The molecule has 6 heteroatoms. The number of thiazole rings is 1. The number of benzene rings is 1. The van der Waals surface area contributed by atoms with Gasteiger partial charge >= 0.3 is 6.18 Å². The molecular weight excluding hydrogens is 287 g/mol. The molecule has 106 valence electrons. The smallest absolute Gasteiger partial charge is 0.294 e. The maximum Gasteiger partial charge on any atom is 0.416 e. The van der Waals surface area contributed by atoms with Crippen LogP contribution < -0.4 is 0 Å². The van der Waals surface area contributed by atoms with Crippen LogP contribution in [0.3, 0.4) is 0 Å². The first-order valence-electron chi connectivity index (χ1n) is 5.91. The lowest BCUT2D eigenvalue weighted by Gasteiger charge is -2.07. The third-order valence-electron chi connectivity index (χ3n) is 2.77. The van der Waals surface area contributed by atoms with Crippen molar-refractivity contribution in [3.05, 3.63) is 51.0 Å². The van der Waals surface area contributed by atoms with Crippen molar-refractivity contribution >= 4 is 17.1 Å². The second kappa shape index (κ2) is 5.36. The Hall–Kier alpha value is -1.69. The molecule has 0 bridgehead atoms.